The first-order valence-corrected chi connectivity index (χ1v) is 6.78. The Hall–Kier alpha value is -1.07. The summed E-state index contributed by atoms with van der Waals surface area (Å²) < 4.78 is 13.1. The van der Waals surface area contributed by atoms with Crippen LogP contribution in [0, 0.1) is 5.82 Å². The van der Waals surface area contributed by atoms with Crippen molar-refractivity contribution in [2.24, 2.45) is 0 Å². The van der Waals surface area contributed by atoms with E-state index >= 15 is 0 Å². The molecule has 0 aliphatic heterocycles. The quantitative estimate of drug-likeness (QED) is 0.882. The summed E-state index contributed by atoms with van der Waals surface area (Å²) in [5.74, 6) is -1.05. The fraction of sp³-hybridized carbons (Fsp3) is 0.462. The molecule has 1 aliphatic carbocycles. The van der Waals surface area contributed by atoms with Crippen LogP contribution in [0.15, 0.2) is 29.2 Å². The number of aliphatic carboxylic acids is 1. The molecule has 1 aromatic rings. The highest BCUT2D eigenvalue weighted by molar-refractivity contribution is 8.00. The standard InChI is InChI=1S/C13H16FNO2S/c1-15-13(12(16)17)6-5-11(8-13)18-10-4-2-3-9(14)7-10/h2-4,7,11,15H,5-6,8H2,1H3,(H,16,17). The van der Waals surface area contributed by atoms with E-state index in [9.17, 15) is 14.3 Å². The molecule has 2 rings (SSSR count). The third kappa shape index (κ3) is 2.67. The van der Waals surface area contributed by atoms with Crippen molar-refractivity contribution in [3.8, 4) is 0 Å². The molecule has 0 heterocycles. The maximum absolute atomic E-state index is 13.1. The lowest BCUT2D eigenvalue weighted by molar-refractivity contribution is -0.144. The zero-order valence-electron chi connectivity index (χ0n) is 10.1. The SMILES string of the molecule is CNC1(C(=O)O)CCC(Sc2cccc(F)c2)C1. The topological polar surface area (TPSA) is 49.3 Å². The Morgan fingerprint density at radius 2 is 2.39 bits per heavy atom. The van der Waals surface area contributed by atoms with E-state index in [-0.39, 0.29) is 11.1 Å². The van der Waals surface area contributed by atoms with Gasteiger partial charge in [0.15, 0.2) is 0 Å². The van der Waals surface area contributed by atoms with Gasteiger partial charge in [0, 0.05) is 10.1 Å². The average molecular weight is 269 g/mol. The number of hydrogen-bond acceptors (Lipinski definition) is 3. The Morgan fingerprint density at radius 1 is 1.61 bits per heavy atom. The van der Waals surface area contributed by atoms with Gasteiger partial charge in [-0.3, -0.25) is 4.79 Å². The van der Waals surface area contributed by atoms with Crippen LogP contribution >= 0.6 is 11.8 Å². The lowest BCUT2D eigenvalue weighted by Crippen LogP contribution is -2.48. The highest BCUT2D eigenvalue weighted by atomic mass is 32.2. The Morgan fingerprint density at radius 3 is 2.94 bits per heavy atom. The molecule has 0 spiro atoms. The smallest absolute Gasteiger partial charge is 0.323 e. The normalized spacial score (nSPS) is 27.3. The number of likely N-dealkylation sites (N-methyl/N-ethyl adjacent to an activating group) is 1. The van der Waals surface area contributed by atoms with Crippen molar-refractivity contribution in [2.45, 2.75) is 34.9 Å². The number of rotatable bonds is 4. The van der Waals surface area contributed by atoms with Gasteiger partial charge in [0.05, 0.1) is 0 Å². The van der Waals surface area contributed by atoms with Gasteiger partial charge in [0.25, 0.3) is 0 Å². The second-order valence-corrected chi connectivity index (χ2v) is 5.95. The largest absolute Gasteiger partial charge is 0.480 e. The minimum Gasteiger partial charge on any atom is -0.480 e. The number of carboxylic acids is 1. The van der Waals surface area contributed by atoms with E-state index in [4.69, 9.17) is 0 Å². The van der Waals surface area contributed by atoms with Gasteiger partial charge in [0.1, 0.15) is 11.4 Å². The monoisotopic (exact) mass is 269 g/mol. The van der Waals surface area contributed by atoms with E-state index in [1.807, 2.05) is 6.07 Å². The molecule has 0 aromatic heterocycles. The number of halogens is 1. The number of carboxylic acid groups (broad SMARTS) is 1. The van der Waals surface area contributed by atoms with Gasteiger partial charge in [-0.2, -0.15) is 0 Å². The van der Waals surface area contributed by atoms with Crippen LogP contribution in [0.4, 0.5) is 4.39 Å². The second kappa shape index (κ2) is 5.28. The van der Waals surface area contributed by atoms with Crippen LogP contribution in [0.1, 0.15) is 19.3 Å². The molecule has 1 saturated carbocycles. The third-order valence-corrected chi connectivity index (χ3v) is 4.72. The molecule has 98 valence electrons. The van der Waals surface area contributed by atoms with E-state index in [0.717, 1.165) is 11.3 Å². The molecular weight excluding hydrogens is 253 g/mol. The van der Waals surface area contributed by atoms with Crippen molar-refractivity contribution in [3.63, 3.8) is 0 Å². The summed E-state index contributed by atoms with van der Waals surface area (Å²) in [5.41, 5.74) is -0.814. The second-order valence-electron chi connectivity index (χ2n) is 4.58. The van der Waals surface area contributed by atoms with Gasteiger partial charge in [0.2, 0.25) is 0 Å². The molecule has 18 heavy (non-hydrogen) atoms. The lowest BCUT2D eigenvalue weighted by atomic mass is 9.99. The molecule has 1 fully saturated rings. The molecule has 0 amide bonds. The minimum absolute atomic E-state index is 0.218. The van der Waals surface area contributed by atoms with E-state index < -0.39 is 11.5 Å². The van der Waals surface area contributed by atoms with Gasteiger partial charge in [-0.1, -0.05) is 6.07 Å². The van der Waals surface area contributed by atoms with E-state index in [0.29, 0.717) is 12.8 Å². The maximum Gasteiger partial charge on any atom is 0.323 e. The third-order valence-electron chi connectivity index (χ3n) is 3.46. The molecular formula is C13H16FNO2S. The van der Waals surface area contributed by atoms with Crippen molar-refractivity contribution < 1.29 is 14.3 Å². The number of thioether (sulfide) groups is 1. The van der Waals surface area contributed by atoms with Crippen LogP contribution < -0.4 is 5.32 Å². The number of carbonyl (C=O) groups is 1. The minimum atomic E-state index is -0.814. The molecule has 0 radical (unpaired) electrons. The van der Waals surface area contributed by atoms with Crippen molar-refractivity contribution in [2.75, 3.05) is 7.05 Å². The predicted molar refractivity (Wildman–Crippen MR) is 69.3 cm³/mol. The summed E-state index contributed by atoms with van der Waals surface area (Å²) >= 11 is 1.56. The van der Waals surface area contributed by atoms with Gasteiger partial charge in [-0.25, -0.2) is 4.39 Å². The Balaban J connectivity index is 2.03. The zero-order chi connectivity index (χ0) is 13.2. The van der Waals surface area contributed by atoms with Crippen LogP contribution in [0.2, 0.25) is 0 Å². The molecule has 1 aromatic carbocycles. The highest BCUT2D eigenvalue weighted by Gasteiger charge is 2.44. The molecule has 2 atom stereocenters. The Bertz CT molecular complexity index is 454. The molecule has 0 saturated heterocycles. The number of benzene rings is 1. The average Bonchev–Trinajstić information content (AvgIpc) is 2.74. The van der Waals surface area contributed by atoms with E-state index in [1.54, 1.807) is 24.9 Å². The summed E-state index contributed by atoms with van der Waals surface area (Å²) in [6, 6.07) is 6.43. The fourth-order valence-corrected chi connectivity index (χ4v) is 3.69. The lowest BCUT2D eigenvalue weighted by Gasteiger charge is -2.23. The van der Waals surface area contributed by atoms with Crippen LogP contribution in [0.3, 0.4) is 0 Å². The van der Waals surface area contributed by atoms with Crippen LogP contribution in [-0.4, -0.2) is 28.9 Å². The molecule has 1 aliphatic rings. The Kier molecular flexibility index (Phi) is 3.92. The van der Waals surface area contributed by atoms with Crippen LogP contribution in [0.25, 0.3) is 0 Å². The summed E-state index contributed by atoms with van der Waals surface area (Å²) in [5, 5.41) is 12.4. The van der Waals surface area contributed by atoms with Crippen molar-refractivity contribution in [3.05, 3.63) is 30.1 Å². The van der Waals surface area contributed by atoms with Gasteiger partial charge < -0.3 is 10.4 Å². The first-order chi connectivity index (χ1) is 8.55. The highest BCUT2D eigenvalue weighted by Crippen LogP contribution is 2.40. The summed E-state index contributed by atoms with van der Waals surface area (Å²) in [6.45, 7) is 0. The summed E-state index contributed by atoms with van der Waals surface area (Å²) in [6.07, 6.45) is 2.01. The van der Waals surface area contributed by atoms with Crippen molar-refractivity contribution in [1.29, 1.82) is 0 Å². The summed E-state index contributed by atoms with van der Waals surface area (Å²) in [4.78, 5) is 12.1. The summed E-state index contributed by atoms with van der Waals surface area (Å²) in [7, 11) is 1.68. The van der Waals surface area contributed by atoms with Crippen molar-refractivity contribution in [1.82, 2.24) is 5.32 Å². The molecule has 2 unspecified atom stereocenters. The molecule has 2 N–H and O–H groups in total. The van der Waals surface area contributed by atoms with E-state index in [1.165, 1.54) is 12.1 Å². The molecule has 3 nitrogen and oxygen atoms in total. The van der Waals surface area contributed by atoms with Crippen LogP contribution in [0.5, 0.6) is 0 Å². The first-order valence-electron chi connectivity index (χ1n) is 5.90. The fourth-order valence-electron chi connectivity index (χ4n) is 2.36. The van der Waals surface area contributed by atoms with Crippen molar-refractivity contribution >= 4 is 17.7 Å². The molecule has 0 bridgehead atoms. The van der Waals surface area contributed by atoms with E-state index in [2.05, 4.69) is 5.32 Å². The van der Waals surface area contributed by atoms with Gasteiger partial charge >= 0.3 is 5.97 Å². The number of nitrogens with one attached hydrogen (secondary N) is 1. The number of hydrogen-bond donors (Lipinski definition) is 2. The zero-order valence-corrected chi connectivity index (χ0v) is 11.0. The molecule has 5 heteroatoms. The first kappa shape index (κ1) is 13.4. The van der Waals surface area contributed by atoms with Gasteiger partial charge in [-0.15, -0.1) is 11.8 Å². The Labute approximate surface area is 110 Å². The van der Waals surface area contributed by atoms with Gasteiger partial charge in [-0.05, 0) is 44.5 Å². The van der Waals surface area contributed by atoms with Crippen LogP contribution in [-0.2, 0) is 4.79 Å². The predicted octanol–water partition coefficient (Wildman–Crippen LogP) is 2.51. The maximum atomic E-state index is 13.1.